The second kappa shape index (κ2) is 5.30. The maximum atomic E-state index is 5.72. The van der Waals surface area contributed by atoms with Crippen LogP contribution in [0.4, 0.5) is 5.69 Å². The molecule has 0 radical (unpaired) electrons. The molecule has 0 saturated carbocycles. The molecule has 20 heavy (non-hydrogen) atoms. The van der Waals surface area contributed by atoms with Gasteiger partial charge in [0, 0.05) is 11.3 Å². The number of fused-ring (bicyclic) bond motifs is 1. The van der Waals surface area contributed by atoms with Gasteiger partial charge in [0.1, 0.15) is 0 Å². The molecule has 3 aromatic rings. The number of hydrogen-bond donors (Lipinski definition) is 2. The van der Waals surface area contributed by atoms with Crippen LogP contribution in [-0.2, 0) is 6.42 Å². The summed E-state index contributed by atoms with van der Waals surface area (Å²) in [5.41, 5.74) is 15.9. The van der Waals surface area contributed by atoms with Crippen LogP contribution in [0.15, 0.2) is 42.6 Å². The topological polar surface area (TPSA) is 82.2 Å². The van der Waals surface area contributed by atoms with Crippen LogP contribution in [0.2, 0.25) is 0 Å². The summed E-state index contributed by atoms with van der Waals surface area (Å²) in [7, 11) is 0. The van der Waals surface area contributed by atoms with Gasteiger partial charge in [0.15, 0.2) is 5.65 Å². The Morgan fingerprint density at radius 2 is 1.85 bits per heavy atom. The third kappa shape index (κ3) is 2.35. The summed E-state index contributed by atoms with van der Waals surface area (Å²) in [6.07, 6.45) is 3.65. The molecule has 3 rings (SSSR count). The van der Waals surface area contributed by atoms with Gasteiger partial charge >= 0.3 is 0 Å². The molecular weight excluding hydrogens is 250 g/mol. The summed E-state index contributed by atoms with van der Waals surface area (Å²) in [4.78, 5) is 4.38. The zero-order chi connectivity index (χ0) is 13.9. The van der Waals surface area contributed by atoms with E-state index in [1.54, 1.807) is 0 Å². The summed E-state index contributed by atoms with van der Waals surface area (Å²) in [6.45, 7) is 0.675. The summed E-state index contributed by atoms with van der Waals surface area (Å²) < 4.78 is 1.87. The standard InChI is InChI=1S/C15H17N5/c16-9-1-2-13-7-8-15-18-10-14(20(15)19-13)11-3-5-12(17)6-4-11/h3-8,10H,1-2,9,16-17H2. The van der Waals surface area contributed by atoms with E-state index in [-0.39, 0.29) is 0 Å². The molecule has 4 N–H and O–H groups in total. The fourth-order valence-corrected chi connectivity index (χ4v) is 2.18. The first-order chi connectivity index (χ1) is 9.78. The lowest BCUT2D eigenvalue weighted by Crippen LogP contribution is -2.04. The molecule has 5 heteroatoms. The van der Waals surface area contributed by atoms with Gasteiger partial charge in [0.05, 0.1) is 17.6 Å². The van der Waals surface area contributed by atoms with Gasteiger partial charge in [-0.05, 0) is 43.7 Å². The van der Waals surface area contributed by atoms with Gasteiger partial charge in [-0.15, -0.1) is 0 Å². The summed E-state index contributed by atoms with van der Waals surface area (Å²) in [6, 6.07) is 11.7. The van der Waals surface area contributed by atoms with Gasteiger partial charge in [-0.25, -0.2) is 9.50 Å². The van der Waals surface area contributed by atoms with E-state index in [4.69, 9.17) is 11.5 Å². The highest BCUT2D eigenvalue weighted by Crippen LogP contribution is 2.21. The molecule has 1 aromatic carbocycles. The fraction of sp³-hybridized carbons (Fsp3) is 0.200. The predicted octanol–water partition coefficient (Wildman–Crippen LogP) is 1.87. The van der Waals surface area contributed by atoms with Gasteiger partial charge < -0.3 is 11.5 Å². The Kier molecular flexibility index (Phi) is 3.35. The normalized spacial score (nSPS) is 11.1. The monoisotopic (exact) mass is 267 g/mol. The molecule has 0 amide bonds. The number of imidazole rings is 1. The van der Waals surface area contributed by atoms with Crippen molar-refractivity contribution in [1.29, 1.82) is 0 Å². The van der Waals surface area contributed by atoms with Crippen LogP contribution < -0.4 is 11.5 Å². The highest BCUT2D eigenvalue weighted by atomic mass is 15.3. The largest absolute Gasteiger partial charge is 0.399 e. The molecule has 0 aliphatic heterocycles. The van der Waals surface area contributed by atoms with Crippen LogP contribution >= 0.6 is 0 Å². The third-order valence-corrected chi connectivity index (χ3v) is 3.26. The first-order valence-electron chi connectivity index (χ1n) is 6.67. The molecule has 0 aliphatic rings. The third-order valence-electron chi connectivity index (χ3n) is 3.26. The Hall–Kier alpha value is -2.40. The molecule has 5 nitrogen and oxygen atoms in total. The number of hydrogen-bond acceptors (Lipinski definition) is 4. The van der Waals surface area contributed by atoms with Crippen LogP contribution in [0.25, 0.3) is 16.9 Å². The van der Waals surface area contributed by atoms with E-state index in [1.165, 1.54) is 0 Å². The lowest BCUT2D eigenvalue weighted by molar-refractivity contribution is 0.774. The molecule has 0 atom stereocenters. The van der Waals surface area contributed by atoms with E-state index in [2.05, 4.69) is 10.1 Å². The molecule has 102 valence electrons. The average molecular weight is 267 g/mol. The highest BCUT2D eigenvalue weighted by Gasteiger charge is 2.07. The molecule has 0 unspecified atom stereocenters. The molecule has 0 saturated heterocycles. The first kappa shape index (κ1) is 12.6. The highest BCUT2D eigenvalue weighted by molar-refractivity contribution is 5.64. The van der Waals surface area contributed by atoms with Crippen molar-refractivity contribution in [2.75, 3.05) is 12.3 Å². The minimum absolute atomic E-state index is 0.675. The van der Waals surface area contributed by atoms with Gasteiger partial charge in [-0.1, -0.05) is 12.1 Å². The van der Waals surface area contributed by atoms with Gasteiger partial charge in [-0.3, -0.25) is 0 Å². The maximum Gasteiger partial charge on any atom is 0.154 e. The minimum Gasteiger partial charge on any atom is -0.399 e. The lowest BCUT2D eigenvalue weighted by atomic mass is 10.1. The Bertz CT molecular complexity index is 715. The quantitative estimate of drug-likeness (QED) is 0.707. The minimum atomic E-state index is 0.675. The second-order valence-electron chi connectivity index (χ2n) is 4.75. The number of rotatable bonds is 4. The average Bonchev–Trinajstić information content (AvgIpc) is 2.89. The maximum absolute atomic E-state index is 5.72. The van der Waals surface area contributed by atoms with Gasteiger partial charge in [0.25, 0.3) is 0 Å². The van der Waals surface area contributed by atoms with Crippen LogP contribution in [-0.4, -0.2) is 21.1 Å². The zero-order valence-corrected chi connectivity index (χ0v) is 11.2. The number of aryl methyl sites for hydroxylation is 1. The molecule has 2 heterocycles. The van der Waals surface area contributed by atoms with E-state index < -0.39 is 0 Å². The molecule has 0 fully saturated rings. The molecular formula is C15H17N5. The number of nitrogens with zero attached hydrogens (tertiary/aromatic N) is 3. The van der Waals surface area contributed by atoms with Crippen molar-refractivity contribution in [3.63, 3.8) is 0 Å². The van der Waals surface area contributed by atoms with Crippen LogP contribution in [0.1, 0.15) is 12.1 Å². The Morgan fingerprint density at radius 3 is 2.60 bits per heavy atom. The van der Waals surface area contributed by atoms with E-state index in [0.717, 1.165) is 41.1 Å². The van der Waals surface area contributed by atoms with E-state index in [9.17, 15) is 0 Å². The van der Waals surface area contributed by atoms with Gasteiger partial charge in [-0.2, -0.15) is 5.10 Å². The molecule has 0 bridgehead atoms. The van der Waals surface area contributed by atoms with E-state index >= 15 is 0 Å². The van der Waals surface area contributed by atoms with Crippen molar-refractivity contribution in [2.45, 2.75) is 12.8 Å². The first-order valence-corrected chi connectivity index (χ1v) is 6.67. The Morgan fingerprint density at radius 1 is 1.05 bits per heavy atom. The van der Waals surface area contributed by atoms with Crippen molar-refractivity contribution in [1.82, 2.24) is 14.6 Å². The number of nitrogens with two attached hydrogens (primary N) is 2. The summed E-state index contributed by atoms with van der Waals surface area (Å²) >= 11 is 0. The Labute approximate surface area is 117 Å². The number of nitrogen functional groups attached to an aromatic ring is 1. The van der Waals surface area contributed by atoms with Crippen LogP contribution in [0.3, 0.4) is 0 Å². The summed E-state index contributed by atoms with van der Waals surface area (Å²) in [5.74, 6) is 0. The molecule has 0 aliphatic carbocycles. The van der Waals surface area contributed by atoms with Crippen molar-refractivity contribution < 1.29 is 0 Å². The second-order valence-corrected chi connectivity index (χ2v) is 4.75. The van der Waals surface area contributed by atoms with Crippen LogP contribution in [0.5, 0.6) is 0 Å². The molecule has 2 aromatic heterocycles. The fourth-order valence-electron chi connectivity index (χ4n) is 2.18. The number of aromatic nitrogens is 3. The van der Waals surface area contributed by atoms with E-state index in [0.29, 0.717) is 6.54 Å². The smallest absolute Gasteiger partial charge is 0.154 e. The van der Waals surface area contributed by atoms with Crippen molar-refractivity contribution in [3.8, 4) is 11.3 Å². The Balaban J connectivity index is 2.04. The van der Waals surface area contributed by atoms with Crippen LogP contribution in [0, 0.1) is 0 Å². The zero-order valence-electron chi connectivity index (χ0n) is 11.2. The number of anilines is 1. The number of benzene rings is 1. The van der Waals surface area contributed by atoms with Crippen molar-refractivity contribution >= 4 is 11.3 Å². The van der Waals surface area contributed by atoms with Crippen molar-refractivity contribution in [3.05, 3.63) is 48.3 Å². The molecule has 0 spiro atoms. The van der Waals surface area contributed by atoms with Crippen molar-refractivity contribution in [2.24, 2.45) is 5.73 Å². The van der Waals surface area contributed by atoms with Gasteiger partial charge in [0.2, 0.25) is 0 Å². The summed E-state index contributed by atoms with van der Waals surface area (Å²) in [5, 5.41) is 4.64. The van der Waals surface area contributed by atoms with E-state index in [1.807, 2.05) is 47.1 Å². The SMILES string of the molecule is NCCCc1ccc2ncc(-c3ccc(N)cc3)n2n1. The predicted molar refractivity (Wildman–Crippen MR) is 80.2 cm³/mol. The lowest BCUT2D eigenvalue weighted by Gasteiger charge is -2.04.